The van der Waals surface area contributed by atoms with E-state index >= 15 is 0 Å². The van der Waals surface area contributed by atoms with Crippen LogP contribution in [0, 0.1) is 22.0 Å². The van der Waals surface area contributed by atoms with Gasteiger partial charge < -0.3 is 10.1 Å². The van der Waals surface area contributed by atoms with Gasteiger partial charge in [-0.25, -0.2) is 4.79 Å². The third kappa shape index (κ3) is 5.30. The van der Waals surface area contributed by atoms with Crippen LogP contribution in [0.4, 0.5) is 10.5 Å². The van der Waals surface area contributed by atoms with Crippen LogP contribution < -0.4 is 5.32 Å². The smallest absolute Gasteiger partial charge is 0.408 e. The number of rotatable bonds is 4. The summed E-state index contributed by atoms with van der Waals surface area (Å²) in [5.74, 6) is 5.25. The molecule has 0 aliphatic rings. The topological polar surface area (TPSA) is 81.5 Å². The van der Waals surface area contributed by atoms with Crippen molar-refractivity contribution in [1.82, 2.24) is 5.32 Å². The second-order valence-electron chi connectivity index (χ2n) is 4.64. The molecule has 24 heavy (non-hydrogen) atoms. The van der Waals surface area contributed by atoms with Crippen molar-refractivity contribution in [2.24, 2.45) is 0 Å². The van der Waals surface area contributed by atoms with Gasteiger partial charge in [0.2, 0.25) is 0 Å². The van der Waals surface area contributed by atoms with Crippen molar-refractivity contribution in [1.29, 1.82) is 0 Å². The maximum absolute atomic E-state index is 11.5. The summed E-state index contributed by atoms with van der Waals surface area (Å²) in [6.07, 6.45) is -0.617. The number of amides is 1. The monoisotopic (exact) mass is 344 g/mol. The average molecular weight is 345 g/mol. The zero-order valence-electron chi connectivity index (χ0n) is 12.5. The van der Waals surface area contributed by atoms with Crippen LogP contribution in [0.2, 0.25) is 5.02 Å². The largest absolute Gasteiger partial charge is 0.445 e. The molecule has 0 aliphatic carbocycles. The fourth-order valence-electron chi connectivity index (χ4n) is 1.80. The molecular formula is C17H13ClN2O4. The van der Waals surface area contributed by atoms with E-state index in [9.17, 15) is 14.9 Å². The number of nitro benzene ring substituents is 1. The highest BCUT2D eigenvalue weighted by Crippen LogP contribution is 2.21. The lowest BCUT2D eigenvalue weighted by Gasteiger charge is -2.04. The van der Waals surface area contributed by atoms with E-state index in [2.05, 4.69) is 17.2 Å². The van der Waals surface area contributed by atoms with Gasteiger partial charge in [-0.3, -0.25) is 10.1 Å². The Morgan fingerprint density at radius 2 is 2.00 bits per heavy atom. The number of alkyl carbamates (subject to hydrolysis) is 1. The third-order valence-electron chi connectivity index (χ3n) is 2.91. The summed E-state index contributed by atoms with van der Waals surface area (Å²) in [5.41, 5.74) is 0.916. The standard InChI is InChI=1S/C17H13ClN2O4/c18-15-8-9-16(20(22)23)14(11-15)7-4-10-19-17(21)24-12-13-5-2-1-3-6-13/h1-3,5-6,8-9,11H,10,12H2,(H,19,21). The lowest BCUT2D eigenvalue weighted by molar-refractivity contribution is -0.385. The number of halogens is 1. The fraction of sp³-hybridized carbons (Fsp3) is 0.118. The Morgan fingerprint density at radius 1 is 1.25 bits per heavy atom. The fourth-order valence-corrected chi connectivity index (χ4v) is 1.97. The number of ether oxygens (including phenoxy) is 1. The number of nitrogens with zero attached hydrogens (tertiary/aromatic N) is 1. The van der Waals surface area contributed by atoms with Crippen LogP contribution in [0.1, 0.15) is 11.1 Å². The molecule has 0 aliphatic heterocycles. The molecule has 0 saturated heterocycles. The van der Waals surface area contributed by atoms with Gasteiger partial charge in [0.1, 0.15) is 12.2 Å². The van der Waals surface area contributed by atoms with Crippen molar-refractivity contribution in [2.45, 2.75) is 6.61 Å². The zero-order chi connectivity index (χ0) is 17.4. The molecule has 2 aromatic carbocycles. The molecular weight excluding hydrogens is 332 g/mol. The molecule has 0 unspecified atom stereocenters. The Balaban J connectivity index is 1.86. The number of hydrogen-bond acceptors (Lipinski definition) is 4. The summed E-state index contributed by atoms with van der Waals surface area (Å²) in [6, 6.07) is 13.4. The van der Waals surface area contributed by atoms with Crippen LogP contribution in [0.25, 0.3) is 0 Å². The molecule has 0 bridgehead atoms. The van der Waals surface area contributed by atoms with E-state index in [1.54, 1.807) is 0 Å². The average Bonchev–Trinajstić information content (AvgIpc) is 2.57. The van der Waals surface area contributed by atoms with Gasteiger partial charge in [-0.2, -0.15) is 0 Å². The molecule has 0 heterocycles. The van der Waals surface area contributed by atoms with E-state index in [1.807, 2.05) is 30.3 Å². The highest BCUT2D eigenvalue weighted by molar-refractivity contribution is 6.30. The molecule has 0 radical (unpaired) electrons. The first-order chi connectivity index (χ1) is 11.6. The Labute approximate surface area is 143 Å². The van der Waals surface area contributed by atoms with E-state index in [4.69, 9.17) is 16.3 Å². The van der Waals surface area contributed by atoms with Crippen molar-refractivity contribution < 1.29 is 14.5 Å². The summed E-state index contributed by atoms with van der Waals surface area (Å²) in [5, 5.41) is 13.7. The van der Waals surface area contributed by atoms with Crippen LogP contribution in [-0.2, 0) is 11.3 Å². The van der Waals surface area contributed by atoms with Crippen LogP contribution >= 0.6 is 11.6 Å². The maximum Gasteiger partial charge on any atom is 0.408 e. The van der Waals surface area contributed by atoms with Gasteiger partial charge in [0.15, 0.2) is 0 Å². The molecule has 2 rings (SSSR count). The molecule has 0 saturated carbocycles. The predicted octanol–water partition coefficient (Wildman–Crippen LogP) is 3.53. The lowest BCUT2D eigenvalue weighted by atomic mass is 10.2. The van der Waals surface area contributed by atoms with E-state index < -0.39 is 11.0 Å². The van der Waals surface area contributed by atoms with Crippen molar-refractivity contribution in [3.8, 4) is 11.8 Å². The first-order valence-electron chi connectivity index (χ1n) is 6.93. The molecule has 7 heteroatoms. The molecule has 122 valence electrons. The lowest BCUT2D eigenvalue weighted by Crippen LogP contribution is -2.24. The zero-order valence-corrected chi connectivity index (χ0v) is 13.2. The third-order valence-corrected chi connectivity index (χ3v) is 3.15. The molecule has 0 spiro atoms. The van der Waals surface area contributed by atoms with Gasteiger partial charge in [-0.1, -0.05) is 53.8 Å². The second kappa shape index (κ2) is 8.56. The van der Waals surface area contributed by atoms with E-state index in [0.717, 1.165) is 5.56 Å². The van der Waals surface area contributed by atoms with Gasteiger partial charge in [-0.15, -0.1) is 0 Å². The number of benzene rings is 2. The number of carbonyl (C=O) groups is 1. The van der Waals surface area contributed by atoms with E-state index in [-0.39, 0.29) is 24.4 Å². The highest BCUT2D eigenvalue weighted by atomic mass is 35.5. The van der Waals surface area contributed by atoms with Crippen LogP contribution in [0.15, 0.2) is 48.5 Å². The van der Waals surface area contributed by atoms with Crippen molar-refractivity contribution in [3.05, 3.63) is 74.8 Å². The van der Waals surface area contributed by atoms with Gasteiger partial charge in [0.05, 0.1) is 11.5 Å². The minimum absolute atomic E-state index is 0.00269. The van der Waals surface area contributed by atoms with Crippen molar-refractivity contribution in [3.63, 3.8) is 0 Å². The first-order valence-corrected chi connectivity index (χ1v) is 7.31. The Morgan fingerprint density at radius 3 is 2.71 bits per heavy atom. The summed E-state index contributed by atoms with van der Waals surface area (Å²) in [7, 11) is 0. The van der Waals surface area contributed by atoms with Gasteiger partial charge in [-0.05, 0) is 17.7 Å². The quantitative estimate of drug-likeness (QED) is 0.522. The van der Waals surface area contributed by atoms with Crippen molar-refractivity contribution in [2.75, 3.05) is 6.54 Å². The first kappa shape index (κ1) is 17.3. The molecule has 1 N–H and O–H groups in total. The summed E-state index contributed by atoms with van der Waals surface area (Å²) >= 11 is 5.80. The highest BCUT2D eigenvalue weighted by Gasteiger charge is 2.11. The van der Waals surface area contributed by atoms with E-state index in [0.29, 0.717) is 5.02 Å². The Kier molecular flexibility index (Phi) is 6.17. The molecule has 0 atom stereocenters. The van der Waals surface area contributed by atoms with Gasteiger partial charge in [0, 0.05) is 11.1 Å². The molecule has 6 nitrogen and oxygen atoms in total. The van der Waals surface area contributed by atoms with Crippen LogP contribution in [-0.4, -0.2) is 17.6 Å². The number of nitro groups is 1. The van der Waals surface area contributed by atoms with Crippen LogP contribution in [0.3, 0.4) is 0 Å². The molecule has 0 fully saturated rings. The molecule has 0 aromatic heterocycles. The van der Waals surface area contributed by atoms with Crippen LogP contribution in [0.5, 0.6) is 0 Å². The summed E-state index contributed by atoms with van der Waals surface area (Å²) in [6.45, 7) is 0.150. The SMILES string of the molecule is O=C(NCC#Cc1cc(Cl)ccc1[N+](=O)[O-])OCc1ccccc1. The Bertz CT molecular complexity index is 797. The molecule has 1 amide bonds. The minimum atomic E-state index is -0.617. The Hall–Kier alpha value is -3.04. The molecule has 2 aromatic rings. The maximum atomic E-state index is 11.5. The summed E-state index contributed by atoms with van der Waals surface area (Å²) < 4.78 is 5.01. The normalized spacial score (nSPS) is 9.54. The van der Waals surface area contributed by atoms with Crippen molar-refractivity contribution >= 4 is 23.4 Å². The predicted molar refractivity (Wildman–Crippen MR) is 89.6 cm³/mol. The summed E-state index contributed by atoms with van der Waals surface area (Å²) in [4.78, 5) is 21.9. The number of hydrogen-bond donors (Lipinski definition) is 1. The van der Waals surface area contributed by atoms with Gasteiger partial charge in [0.25, 0.3) is 5.69 Å². The second-order valence-corrected chi connectivity index (χ2v) is 5.07. The minimum Gasteiger partial charge on any atom is -0.445 e. The van der Waals surface area contributed by atoms with Gasteiger partial charge >= 0.3 is 6.09 Å². The number of carbonyl (C=O) groups excluding carboxylic acids is 1. The number of nitrogens with one attached hydrogen (secondary N) is 1. The van der Waals surface area contributed by atoms with E-state index in [1.165, 1.54) is 18.2 Å².